The zero-order valence-electron chi connectivity index (χ0n) is 21.4. The summed E-state index contributed by atoms with van der Waals surface area (Å²) in [5, 5.41) is 14.9. The molecule has 0 saturated heterocycles. The van der Waals surface area contributed by atoms with Crippen molar-refractivity contribution in [2.24, 2.45) is 0 Å². The van der Waals surface area contributed by atoms with E-state index < -0.39 is 6.10 Å². The van der Waals surface area contributed by atoms with Crippen LogP contribution in [0.15, 0.2) is 95.5 Å². The largest absolute Gasteiger partial charge is 0.496 e. The van der Waals surface area contributed by atoms with Crippen LogP contribution in [0.5, 0.6) is 5.75 Å². The summed E-state index contributed by atoms with van der Waals surface area (Å²) in [4.78, 5) is 7.35. The van der Waals surface area contributed by atoms with Gasteiger partial charge in [-0.3, -0.25) is 0 Å². The third-order valence-corrected chi connectivity index (χ3v) is 7.40. The van der Waals surface area contributed by atoms with Crippen LogP contribution in [-0.4, -0.2) is 48.8 Å². The van der Waals surface area contributed by atoms with Gasteiger partial charge in [-0.25, -0.2) is 4.98 Å². The third kappa shape index (κ3) is 5.26. The third-order valence-electron chi connectivity index (χ3n) is 6.90. The predicted octanol–water partition coefficient (Wildman–Crippen LogP) is 7.27. The number of benzene rings is 4. The van der Waals surface area contributed by atoms with Gasteiger partial charge in [-0.2, -0.15) is 0 Å². The molecule has 2 atom stereocenters. The lowest BCUT2D eigenvalue weighted by molar-refractivity contribution is 0.135. The fourth-order valence-electron chi connectivity index (χ4n) is 5.09. The lowest BCUT2D eigenvalue weighted by Crippen LogP contribution is -2.26. The van der Waals surface area contributed by atoms with Crippen molar-refractivity contribution in [1.29, 1.82) is 0 Å². The average Bonchev–Trinajstić information content (AvgIpc) is 2.91. The number of aromatic nitrogens is 1. The first-order chi connectivity index (χ1) is 18.0. The van der Waals surface area contributed by atoms with Crippen molar-refractivity contribution in [2.45, 2.75) is 18.4 Å². The van der Waals surface area contributed by atoms with Gasteiger partial charge in [0.2, 0.25) is 0 Å². The summed E-state index contributed by atoms with van der Waals surface area (Å²) < 4.78 is 6.90. The van der Waals surface area contributed by atoms with E-state index in [4.69, 9.17) is 9.72 Å². The second-order valence-corrected chi connectivity index (χ2v) is 10.6. The number of methoxy groups -OCH3 is 1. The summed E-state index contributed by atoms with van der Waals surface area (Å²) in [5.74, 6) is 0.495. The van der Waals surface area contributed by atoms with E-state index in [0.29, 0.717) is 6.42 Å². The van der Waals surface area contributed by atoms with Crippen molar-refractivity contribution in [3.63, 3.8) is 0 Å². The molecule has 0 spiro atoms. The number of rotatable bonds is 8. The Morgan fingerprint density at radius 2 is 1.65 bits per heavy atom. The Morgan fingerprint density at radius 3 is 2.41 bits per heavy atom. The standard InChI is InChI=1S/C32H31BrN2O2/c1-35(2)18-17-28(36)30(22-10-5-4-6-11-22)26-20-23-19-24(33)14-15-27(23)34-32(26)31-25-12-8-7-9-21(25)13-16-29(31)37-3/h4-16,19-20,28,30,36H,17-18H2,1-3H3/t28-,30+/m0/s1. The summed E-state index contributed by atoms with van der Waals surface area (Å²) in [5.41, 5.74) is 4.72. The van der Waals surface area contributed by atoms with Crippen molar-refractivity contribution in [3.8, 4) is 17.0 Å². The molecule has 1 aromatic heterocycles. The Labute approximate surface area is 226 Å². The van der Waals surface area contributed by atoms with E-state index >= 15 is 0 Å². The number of hydrogen-bond donors (Lipinski definition) is 1. The lowest BCUT2D eigenvalue weighted by Gasteiger charge is -2.28. The number of ether oxygens (including phenoxy) is 1. The number of hydrogen-bond acceptors (Lipinski definition) is 4. The molecule has 5 rings (SSSR count). The van der Waals surface area contributed by atoms with Crippen LogP contribution in [0.2, 0.25) is 0 Å². The molecule has 4 aromatic carbocycles. The highest BCUT2D eigenvalue weighted by Gasteiger charge is 2.29. The highest BCUT2D eigenvalue weighted by Crippen LogP contribution is 2.43. The Bertz CT molecular complexity index is 1530. The molecule has 0 bridgehead atoms. The van der Waals surface area contributed by atoms with Gasteiger partial charge in [0.25, 0.3) is 0 Å². The van der Waals surface area contributed by atoms with Crippen molar-refractivity contribution >= 4 is 37.6 Å². The van der Waals surface area contributed by atoms with Crippen LogP contribution in [0, 0.1) is 0 Å². The van der Waals surface area contributed by atoms with Crippen molar-refractivity contribution in [2.75, 3.05) is 27.7 Å². The van der Waals surface area contributed by atoms with Gasteiger partial charge in [0.15, 0.2) is 0 Å². The molecule has 0 unspecified atom stereocenters. The topological polar surface area (TPSA) is 45.6 Å². The van der Waals surface area contributed by atoms with Crippen molar-refractivity contribution < 1.29 is 9.84 Å². The molecule has 0 aliphatic heterocycles. The molecule has 5 heteroatoms. The zero-order chi connectivity index (χ0) is 25.9. The molecule has 0 radical (unpaired) electrons. The van der Waals surface area contributed by atoms with Gasteiger partial charge in [-0.05, 0) is 72.7 Å². The fourth-order valence-corrected chi connectivity index (χ4v) is 5.47. The SMILES string of the molecule is COc1ccc2ccccc2c1-c1nc2ccc(Br)cc2cc1[C@@H](c1ccccc1)[C@@H](O)CCN(C)C. The van der Waals surface area contributed by atoms with E-state index in [2.05, 4.69) is 63.3 Å². The van der Waals surface area contributed by atoms with E-state index in [1.165, 1.54) is 0 Å². The lowest BCUT2D eigenvalue weighted by atomic mass is 9.82. The molecule has 1 heterocycles. The fraction of sp³-hybridized carbons (Fsp3) is 0.219. The quantitative estimate of drug-likeness (QED) is 0.219. The minimum atomic E-state index is -0.601. The predicted molar refractivity (Wildman–Crippen MR) is 156 cm³/mol. The van der Waals surface area contributed by atoms with Gasteiger partial charge in [-0.15, -0.1) is 0 Å². The monoisotopic (exact) mass is 554 g/mol. The van der Waals surface area contributed by atoms with Gasteiger partial charge in [0.1, 0.15) is 5.75 Å². The van der Waals surface area contributed by atoms with Crippen LogP contribution in [-0.2, 0) is 0 Å². The summed E-state index contributed by atoms with van der Waals surface area (Å²) in [6.45, 7) is 0.782. The molecule has 188 valence electrons. The van der Waals surface area contributed by atoms with E-state index in [1.807, 2.05) is 62.6 Å². The molecular weight excluding hydrogens is 524 g/mol. The van der Waals surface area contributed by atoms with Gasteiger partial charge < -0.3 is 14.7 Å². The Morgan fingerprint density at radius 1 is 0.892 bits per heavy atom. The highest BCUT2D eigenvalue weighted by atomic mass is 79.9. The maximum absolute atomic E-state index is 11.7. The number of pyridine rings is 1. The number of halogens is 1. The Balaban J connectivity index is 1.84. The van der Waals surface area contributed by atoms with E-state index in [1.54, 1.807) is 7.11 Å². The van der Waals surface area contributed by atoms with Crippen LogP contribution in [0.3, 0.4) is 0 Å². The van der Waals surface area contributed by atoms with Gasteiger partial charge in [0, 0.05) is 22.3 Å². The van der Waals surface area contributed by atoms with Gasteiger partial charge in [0.05, 0.1) is 30.0 Å². The molecule has 1 N–H and O–H groups in total. The van der Waals surface area contributed by atoms with Gasteiger partial charge >= 0.3 is 0 Å². The second kappa shape index (κ2) is 11.0. The first-order valence-electron chi connectivity index (χ1n) is 12.5. The van der Waals surface area contributed by atoms with Crippen LogP contribution in [0.4, 0.5) is 0 Å². The van der Waals surface area contributed by atoms with Gasteiger partial charge in [-0.1, -0.05) is 76.6 Å². The van der Waals surface area contributed by atoms with E-state index in [-0.39, 0.29) is 5.92 Å². The zero-order valence-corrected chi connectivity index (χ0v) is 22.9. The number of aliphatic hydroxyl groups excluding tert-OH is 1. The average molecular weight is 556 g/mol. The van der Waals surface area contributed by atoms with E-state index in [0.717, 1.165) is 60.8 Å². The second-order valence-electron chi connectivity index (χ2n) is 9.67. The maximum atomic E-state index is 11.7. The maximum Gasteiger partial charge on any atom is 0.128 e. The smallest absolute Gasteiger partial charge is 0.128 e. The normalized spacial score (nSPS) is 13.2. The minimum Gasteiger partial charge on any atom is -0.496 e. The number of aliphatic hydroxyl groups is 1. The van der Waals surface area contributed by atoms with E-state index in [9.17, 15) is 5.11 Å². The molecule has 5 aromatic rings. The Kier molecular flexibility index (Phi) is 7.56. The number of fused-ring (bicyclic) bond motifs is 2. The first kappa shape index (κ1) is 25.4. The highest BCUT2D eigenvalue weighted by molar-refractivity contribution is 9.10. The van der Waals surface area contributed by atoms with Crippen LogP contribution >= 0.6 is 15.9 Å². The summed E-state index contributed by atoms with van der Waals surface area (Å²) >= 11 is 3.62. The molecule has 0 aliphatic carbocycles. The minimum absolute atomic E-state index is 0.268. The molecule has 37 heavy (non-hydrogen) atoms. The van der Waals surface area contributed by atoms with Crippen LogP contribution in [0.1, 0.15) is 23.5 Å². The first-order valence-corrected chi connectivity index (χ1v) is 13.3. The summed E-state index contributed by atoms with van der Waals surface area (Å²) in [7, 11) is 5.77. The van der Waals surface area contributed by atoms with Crippen LogP contribution in [0.25, 0.3) is 32.9 Å². The van der Waals surface area contributed by atoms with Crippen LogP contribution < -0.4 is 4.74 Å². The Hall–Kier alpha value is -3.25. The molecule has 4 nitrogen and oxygen atoms in total. The molecule has 0 saturated carbocycles. The van der Waals surface area contributed by atoms with Crippen molar-refractivity contribution in [3.05, 3.63) is 107 Å². The molecule has 0 fully saturated rings. The van der Waals surface area contributed by atoms with Crippen molar-refractivity contribution in [1.82, 2.24) is 9.88 Å². The molecule has 0 aliphatic rings. The molecular formula is C32H31BrN2O2. The number of nitrogens with zero attached hydrogens (tertiary/aromatic N) is 2. The summed E-state index contributed by atoms with van der Waals surface area (Å²) in [6.07, 6.45) is 0.0331. The molecule has 0 amide bonds. The summed E-state index contributed by atoms with van der Waals surface area (Å²) in [6, 6.07) is 31.0.